The van der Waals surface area contributed by atoms with Crippen molar-refractivity contribution in [3.63, 3.8) is 0 Å². The first-order valence-electron chi connectivity index (χ1n) is 8.12. The molecule has 1 aromatic carbocycles. The lowest BCUT2D eigenvalue weighted by atomic mass is 9.90. The number of esters is 1. The minimum absolute atomic E-state index is 0.0599. The summed E-state index contributed by atoms with van der Waals surface area (Å²) in [6.45, 7) is 0. The van der Waals surface area contributed by atoms with E-state index in [4.69, 9.17) is 16.3 Å². The molecule has 3 aliphatic heterocycles. The average Bonchev–Trinajstić information content (AvgIpc) is 2.93. The Hall–Kier alpha value is -2.10. The average molecular weight is 411 g/mol. The Bertz CT molecular complexity index is 844. The van der Waals surface area contributed by atoms with E-state index in [0.717, 1.165) is 16.9 Å². The van der Waals surface area contributed by atoms with Crippen molar-refractivity contribution in [1.29, 1.82) is 0 Å². The van der Waals surface area contributed by atoms with Gasteiger partial charge in [-0.3, -0.25) is 19.3 Å². The van der Waals surface area contributed by atoms with E-state index in [-0.39, 0.29) is 22.8 Å². The number of hydrogen-bond acceptors (Lipinski definition) is 7. The van der Waals surface area contributed by atoms with E-state index < -0.39 is 46.7 Å². The molecule has 3 amide bonds. The van der Waals surface area contributed by atoms with Crippen LogP contribution in [-0.4, -0.2) is 80.4 Å². The number of ether oxygens (including phenoxy) is 1. The molecule has 1 aromatic rings. The summed E-state index contributed by atoms with van der Waals surface area (Å²) in [7, 11) is 1.15. The molecule has 0 spiro atoms. The maximum Gasteiger partial charge on any atom is 0.331 e. The smallest absolute Gasteiger partial charge is 0.331 e. The second-order valence-electron chi connectivity index (χ2n) is 6.58. The maximum absolute atomic E-state index is 12.9. The van der Waals surface area contributed by atoms with Crippen LogP contribution in [0.2, 0.25) is 0 Å². The van der Waals surface area contributed by atoms with Gasteiger partial charge in [-0.05, 0) is 12.1 Å². The largest absolute Gasteiger partial charge is 0.467 e. The fourth-order valence-corrected chi connectivity index (χ4v) is 5.62. The number of halogens is 1. The van der Waals surface area contributed by atoms with Crippen LogP contribution < -0.4 is 0 Å². The van der Waals surface area contributed by atoms with Crippen molar-refractivity contribution in [1.82, 2.24) is 9.80 Å². The Morgan fingerprint density at radius 2 is 1.89 bits per heavy atom. The van der Waals surface area contributed by atoms with Crippen LogP contribution in [0.4, 0.5) is 0 Å². The molecule has 142 valence electrons. The first-order valence-corrected chi connectivity index (χ1v) is 9.71. The first-order chi connectivity index (χ1) is 12.9. The standard InChI is InChI=1S/C17H15ClN2O6S/c1-26-16(24)11-17(25,6-18)7-27-15-10(14(23)20(11)15)19-12(21)8-4-2-3-5-9(8)13(19)22/h2-5,10-11,15,25H,6-7H2,1H3/t10-,11+,15-,17-/m1/s1. The van der Waals surface area contributed by atoms with E-state index in [0.29, 0.717) is 0 Å². The molecule has 0 radical (unpaired) electrons. The number of rotatable bonds is 3. The molecule has 2 saturated heterocycles. The fraction of sp³-hybridized carbons (Fsp3) is 0.412. The number of aliphatic hydroxyl groups is 1. The molecule has 0 saturated carbocycles. The van der Waals surface area contributed by atoms with Crippen LogP contribution in [0.5, 0.6) is 0 Å². The molecule has 0 unspecified atom stereocenters. The van der Waals surface area contributed by atoms with Crippen LogP contribution in [0, 0.1) is 0 Å². The highest BCUT2D eigenvalue weighted by atomic mass is 35.5. The number of alkyl halides is 1. The summed E-state index contributed by atoms with van der Waals surface area (Å²) in [5.41, 5.74) is -1.16. The third-order valence-electron chi connectivity index (χ3n) is 5.10. The predicted octanol–water partition coefficient (Wildman–Crippen LogP) is 0.0778. The molecular formula is C17H15ClN2O6S. The molecule has 0 aromatic heterocycles. The fourth-order valence-electron chi connectivity index (χ4n) is 3.74. The number of methoxy groups -OCH3 is 1. The topological polar surface area (TPSA) is 104 Å². The Morgan fingerprint density at radius 3 is 2.41 bits per heavy atom. The number of amides is 3. The molecule has 8 nitrogen and oxygen atoms in total. The van der Waals surface area contributed by atoms with E-state index >= 15 is 0 Å². The summed E-state index contributed by atoms with van der Waals surface area (Å²) in [5.74, 6) is -2.68. The second kappa shape index (κ2) is 6.22. The summed E-state index contributed by atoms with van der Waals surface area (Å²) in [6, 6.07) is 4.04. The van der Waals surface area contributed by atoms with Crippen molar-refractivity contribution < 1.29 is 29.0 Å². The van der Waals surface area contributed by atoms with E-state index in [1.807, 2.05) is 0 Å². The van der Waals surface area contributed by atoms with Gasteiger partial charge in [-0.15, -0.1) is 23.4 Å². The normalized spacial score (nSPS) is 32.1. The van der Waals surface area contributed by atoms with Gasteiger partial charge < -0.3 is 14.7 Å². The number of fused-ring (bicyclic) bond motifs is 2. The van der Waals surface area contributed by atoms with Gasteiger partial charge in [-0.25, -0.2) is 4.79 Å². The van der Waals surface area contributed by atoms with Crippen LogP contribution in [0.25, 0.3) is 0 Å². The van der Waals surface area contributed by atoms with Gasteiger partial charge >= 0.3 is 5.97 Å². The van der Waals surface area contributed by atoms with Gasteiger partial charge in [0.05, 0.1) is 24.1 Å². The van der Waals surface area contributed by atoms with Crippen molar-refractivity contribution >= 4 is 47.1 Å². The van der Waals surface area contributed by atoms with E-state index in [9.17, 15) is 24.3 Å². The summed E-state index contributed by atoms with van der Waals surface area (Å²) >= 11 is 7.02. The lowest BCUT2D eigenvalue weighted by Gasteiger charge is -2.57. The van der Waals surface area contributed by atoms with Gasteiger partial charge in [0.25, 0.3) is 17.7 Å². The molecule has 1 N–H and O–H groups in total. The SMILES string of the molecule is COC(=O)[C@@H]1N2C(=O)[C@@H](N3C(=O)c4ccccc4C3=O)[C@H]2SC[C@]1(O)CCl. The Labute approximate surface area is 163 Å². The highest BCUT2D eigenvalue weighted by Crippen LogP contribution is 2.46. The van der Waals surface area contributed by atoms with Crippen LogP contribution >= 0.6 is 23.4 Å². The lowest BCUT2D eigenvalue weighted by Crippen LogP contribution is -2.80. The molecule has 0 aliphatic carbocycles. The van der Waals surface area contributed by atoms with E-state index in [1.165, 1.54) is 23.9 Å². The molecule has 3 heterocycles. The zero-order chi connectivity index (χ0) is 19.5. The number of carbonyl (C=O) groups excluding carboxylic acids is 4. The Balaban J connectivity index is 1.67. The Kier molecular flexibility index (Phi) is 4.21. The highest BCUT2D eigenvalue weighted by molar-refractivity contribution is 8.00. The minimum Gasteiger partial charge on any atom is -0.467 e. The number of imide groups is 1. The monoisotopic (exact) mass is 410 g/mol. The summed E-state index contributed by atoms with van der Waals surface area (Å²) in [6.07, 6.45) is 0. The van der Waals surface area contributed by atoms with E-state index in [1.54, 1.807) is 12.1 Å². The molecule has 10 heteroatoms. The van der Waals surface area contributed by atoms with Crippen LogP contribution in [0.3, 0.4) is 0 Å². The van der Waals surface area contributed by atoms with Crippen LogP contribution in [0.1, 0.15) is 20.7 Å². The maximum atomic E-state index is 12.9. The van der Waals surface area contributed by atoms with Gasteiger partial charge in [0.2, 0.25) is 0 Å². The van der Waals surface area contributed by atoms with Crippen molar-refractivity contribution in [2.24, 2.45) is 0 Å². The molecule has 2 fully saturated rings. The van der Waals surface area contributed by atoms with Gasteiger partial charge in [-0.1, -0.05) is 12.1 Å². The summed E-state index contributed by atoms with van der Waals surface area (Å²) in [5, 5.41) is 10.0. The van der Waals surface area contributed by atoms with Gasteiger partial charge in [0.1, 0.15) is 17.0 Å². The third-order valence-corrected chi connectivity index (χ3v) is 7.06. The lowest BCUT2D eigenvalue weighted by molar-refractivity contribution is -0.177. The molecule has 3 aliphatic rings. The second-order valence-corrected chi connectivity index (χ2v) is 7.95. The highest BCUT2D eigenvalue weighted by Gasteiger charge is 2.65. The molecular weight excluding hydrogens is 396 g/mol. The van der Waals surface area contributed by atoms with Crippen molar-refractivity contribution in [2.45, 2.75) is 23.1 Å². The number of hydrogen-bond donors (Lipinski definition) is 1. The van der Waals surface area contributed by atoms with E-state index in [2.05, 4.69) is 0 Å². The quantitative estimate of drug-likeness (QED) is 0.325. The summed E-state index contributed by atoms with van der Waals surface area (Å²) in [4.78, 5) is 52.6. The number of β-lactam (4-membered cyclic amide) rings is 1. The minimum atomic E-state index is -1.65. The van der Waals surface area contributed by atoms with Crippen LogP contribution in [-0.2, 0) is 14.3 Å². The molecule has 0 bridgehead atoms. The Morgan fingerprint density at radius 1 is 1.30 bits per heavy atom. The van der Waals surface area contributed by atoms with Crippen molar-refractivity contribution in [3.05, 3.63) is 35.4 Å². The molecule has 4 atom stereocenters. The van der Waals surface area contributed by atoms with Gasteiger partial charge in [-0.2, -0.15) is 0 Å². The van der Waals surface area contributed by atoms with Crippen molar-refractivity contribution in [2.75, 3.05) is 18.7 Å². The number of benzene rings is 1. The van der Waals surface area contributed by atoms with Gasteiger partial charge in [0, 0.05) is 5.75 Å². The number of nitrogens with zero attached hydrogens (tertiary/aromatic N) is 2. The van der Waals surface area contributed by atoms with Gasteiger partial charge in [0.15, 0.2) is 6.04 Å². The summed E-state index contributed by atoms with van der Waals surface area (Å²) < 4.78 is 4.73. The predicted molar refractivity (Wildman–Crippen MR) is 95.3 cm³/mol. The van der Waals surface area contributed by atoms with Crippen molar-refractivity contribution in [3.8, 4) is 0 Å². The molecule has 4 rings (SSSR count). The first kappa shape index (κ1) is 18.3. The van der Waals surface area contributed by atoms with Crippen LogP contribution in [0.15, 0.2) is 24.3 Å². The number of thioether (sulfide) groups is 1. The third kappa shape index (κ3) is 2.35. The number of carbonyl (C=O) groups is 4. The zero-order valence-corrected chi connectivity index (χ0v) is 15.7. The zero-order valence-electron chi connectivity index (χ0n) is 14.1. The molecule has 27 heavy (non-hydrogen) atoms.